The molecule has 0 amide bonds. The van der Waals surface area contributed by atoms with Crippen molar-refractivity contribution in [3.8, 4) is 0 Å². The van der Waals surface area contributed by atoms with Crippen LogP contribution in [0.25, 0.3) is 10.1 Å². The van der Waals surface area contributed by atoms with Gasteiger partial charge in [-0.05, 0) is 36.2 Å². The maximum atomic E-state index is 4.29. The van der Waals surface area contributed by atoms with Crippen molar-refractivity contribution in [1.29, 1.82) is 0 Å². The van der Waals surface area contributed by atoms with Gasteiger partial charge in [0.2, 0.25) is 0 Å². The molecule has 2 heteroatoms. The van der Waals surface area contributed by atoms with Gasteiger partial charge in [0.25, 0.3) is 0 Å². The molecule has 0 aliphatic heterocycles. The van der Waals surface area contributed by atoms with Crippen LogP contribution in [-0.4, -0.2) is 4.98 Å². The van der Waals surface area contributed by atoms with Gasteiger partial charge in [-0.3, -0.25) is 4.98 Å². The number of aromatic nitrogens is 1. The van der Waals surface area contributed by atoms with Crippen molar-refractivity contribution in [3.05, 3.63) is 28.9 Å². The van der Waals surface area contributed by atoms with Crippen LogP contribution in [0.15, 0.2) is 17.6 Å². The molecular weight excluding hydrogens is 178 g/mol. The molecule has 0 radical (unpaired) electrons. The number of hydrogen-bond donors (Lipinski definition) is 0. The van der Waals surface area contributed by atoms with Gasteiger partial charge in [0.05, 0.1) is 10.4 Å². The predicted octanol–water partition coefficient (Wildman–Crippen LogP) is 3.94. The second-order valence-corrected chi connectivity index (χ2v) is 3.61. The topological polar surface area (TPSA) is 12.9 Å². The van der Waals surface area contributed by atoms with Crippen molar-refractivity contribution in [2.24, 2.45) is 0 Å². The Balaban J connectivity index is 0.000000396. The van der Waals surface area contributed by atoms with Gasteiger partial charge < -0.3 is 0 Å². The molecule has 0 N–H and O–H groups in total. The van der Waals surface area contributed by atoms with Crippen molar-refractivity contribution in [3.63, 3.8) is 0 Å². The highest BCUT2D eigenvalue weighted by atomic mass is 32.1. The van der Waals surface area contributed by atoms with Crippen LogP contribution in [0.2, 0.25) is 0 Å². The van der Waals surface area contributed by atoms with E-state index < -0.39 is 0 Å². The van der Waals surface area contributed by atoms with E-state index in [1.54, 1.807) is 11.3 Å². The summed E-state index contributed by atoms with van der Waals surface area (Å²) in [6, 6.07) is 2.16. The summed E-state index contributed by atoms with van der Waals surface area (Å²) in [5.41, 5.74) is 2.41. The van der Waals surface area contributed by atoms with Crippen molar-refractivity contribution in [2.75, 3.05) is 0 Å². The number of nitrogens with zero attached hydrogens (tertiary/aromatic N) is 1. The minimum atomic E-state index is 1.14. The standard InChI is InChI=1S/C9H9NS.C2H6/c1-6-5-10-7(2)9-8(6)3-4-11-9;1-2/h3-5H,1-2H3;1-2H3. The van der Waals surface area contributed by atoms with Crippen LogP contribution in [0, 0.1) is 13.8 Å². The first-order chi connectivity index (χ1) is 6.29. The van der Waals surface area contributed by atoms with Gasteiger partial charge in [-0.25, -0.2) is 0 Å². The Kier molecular flexibility index (Phi) is 3.43. The second kappa shape index (κ2) is 4.38. The number of rotatable bonds is 0. The number of hydrogen-bond acceptors (Lipinski definition) is 2. The first-order valence-corrected chi connectivity index (χ1v) is 5.46. The van der Waals surface area contributed by atoms with E-state index in [1.807, 2.05) is 20.0 Å². The monoisotopic (exact) mass is 193 g/mol. The van der Waals surface area contributed by atoms with Crippen molar-refractivity contribution >= 4 is 21.4 Å². The number of thiophene rings is 1. The van der Waals surface area contributed by atoms with Crippen LogP contribution in [-0.2, 0) is 0 Å². The van der Waals surface area contributed by atoms with Gasteiger partial charge in [0.1, 0.15) is 0 Å². The molecule has 1 nitrogen and oxygen atoms in total. The SMILES string of the molecule is CC.Cc1cnc(C)c2sccc12. The van der Waals surface area contributed by atoms with Gasteiger partial charge in [-0.15, -0.1) is 11.3 Å². The predicted molar refractivity (Wildman–Crippen MR) is 60.4 cm³/mol. The molecule has 13 heavy (non-hydrogen) atoms. The van der Waals surface area contributed by atoms with Gasteiger partial charge >= 0.3 is 0 Å². The first-order valence-electron chi connectivity index (χ1n) is 4.58. The second-order valence-electron chi connectivity index (χ2n) is 2.69. The summed E-state index contributed by atoms with van der Waals surface area (Å²) in [4.78, 5) is 4.29. The highest BCUT2D eigenvalue weighted by Gasteiger charge is 2.00. The van der Waals surface area contributed by atoms with E-state index in [2.05, 4.69) is 30.3 Å². The Morgan fingerprint density at radius 3 is 2.54 bits per heavy atom. The van der Waals surface area contributed by atoms with E-state index in [-0.39, 0.29) is 0 Å². The van der Waals surface area contributed by atoms with Crippen LogP contribution in [0.5, 0.6) is 0 Å². The maximum Gasteiger partial charge on any atom is 0.0558 e. The molecule has 0 saturated heterocycles. The molecule has 0 aliphatic carbocycles. The molecule has 2 aromatic rings. The molecule has 0 aliphatic rings. The molecule has 0 unspecified atom stereocenters. The van der Waals surface area contributed by atoms with Crippen LogP contribution >= 0.6 is 11.3 Å². The van der Waals surface area contributed by atoms with Crippen LogP contribution in [0.3, 0.4) is 0 Å². The molecule has 2 rings (SSSR count). The zero-order valence-corrected chi connectivity index (χ0v) is 9.40. The third-order valence-electron chi connectivity index (χ3n) is 1.87. The summed E-state index contributed by atoms with van der Waals surface area (Å²) in [6.45, 7) is 8.15. The van der Waals surface area contributed by atoms with E-state index in [0.29, 0.717) is 0 Å². The lowest BCUT2D eigenvalue weighted by Crippen LogP contribution is -1.81. The van der Waals surface area contributed by atoms with Crippen LogP contribution < -0.4 is 0 Å². The molecule has 0 saturated carbocycles. The average molecular weight is 193 g/mol. The summed E-state index contributed by atoms with van der Waals surface area (Å²) >= 11 is 1.77. The third-order valence-corrected chi connectivity index (χ3v) is 2.89. The molecule has 0 fully saturated rings. The van der Waals surface area contributed by atoms with E-state index in [4.69, 9.17) is 0 Å². The lowest BCUT2D eigenvalue weighted by Gasteiger charge is -1.96. The summed E-state index contributed by atoms with van der Waals surface area (Å²) < 4.78 is 1.32. The smallest absolute Gasteiger partial charge is 0.0558 e. The summed E-state index contributed by atoms with van der Waals surface area (Å²) in [5.74, 6) is 0. The maximum absolute atomic E-state index is 4.29. The Morgan fingerprint density at radius 2 is 1.92 bits per heavy atom. The fourth-order valence-electron chi connectivity index (χ4n) is 1.22. The zero-order chi connectivity index (χ0) is 9.84. The summed E-state index contributed by atoms with van der Waals surface area (Å²) in [5, 5.41) is 3.47. The zero-order valence-electron chi connectivity index (χ0n) is 8.59. The largest absolute Gasteiger partial charge is 0.260 e. The highest BCUT2D eigenvalue weighted by Crippen LogP contribution is 2.25. The van der Waals surface area contributed by atoms with E-state index in [1.165, 1.54) is 15.6 Å². The lowest BCUT2D eigenvalue weighted by molar-refractivity contribution is 1.22. The molecule has 2 aromatic heterocycles. The number of aryl methyl sites for hydroxylation is 2. The third kappa shape index (κ3) is 1.89. The van der Waals surface area contributed by atoms with Crippen molar-refractivity contribution in [1.82, 2.24) is 4.98 Å². The summed E-state index contributed by atoms with van der Waals surface area (Å²) in [6.07, 6.45) is 1.93. The quantitative estimate of drug-likeness (QED) is 0.617. The minimum absolute atomic E-state index is 1.14. The fourth-order valence-corrected chi connectivity index (χ4v) is 2.14. The van der Waals surface area contributed by atoms with Crippen molar-refractivity contribution in [2.45, 2.75) is 27.7 Å². The first kappa shape index (κ1) is 10.2. The van der Waals surface area contributed by atoms with Gasteiger partial charge in [-0.1, -0.05) is 13.8 Å². The lowest BCUT2D eigenvalue weighted by atomic mass is 10.2. The van der Waals surface area contributed by atoms with Gasteiger partial charge in [-0.2, -0.15) is 0 Å². The molecule has 0 aromatic carbocycles. The molecular formula is C11H15NS. The fraction of sp³-hybridized carbons (Fsp3) is 0.364. The van der Waals surface area contributed by atoms with Crippen molar-refractivity contribution < 1.29 is 0 Å². The molecule has 70 valence electrons. The van der Waals surface area contributed by atoms with Crippen LogP contribution in [0.4, 0.5) is 0 Å². The number of pyridine rings is 1. The highest BCUT2D eigenvalue weighted by molar-refractivity contribution is 7.17. The minimum Gasteiger partial charge on any atom is -0.260 e. The average Bonchev–Trinajstić information content (AvgIpc) is 2.64. The van der Waals surface area contributed by atoms with Gasteiger partial charge in [0, 0.05) is 6.20 Å². The van der Waals surface area contributed by atoms with Gasteiger partial charge in [0.15, 0.2) is 0 Å². The molecule has 0 spiro atoms. The van der Waals surface area contributed by atoms with E-state index >= 15 is 0 Å². The number of fused-ring (bicyclic) bond motifs is 1. The summed E-state index contributed by atoms with van der Waals surface area (Å²) in [7, 11) is 0. The Labute approximate surface area is 83.4 Å². The van der Waals surface area contributed by atoms with E-state index in [9.17, 15) is 0 Å². The van der Waals surface area contributed by atoms with Crippen LogP contribution in [0.1, 0.15) is 25.1 Å². The molecule has 0 bridgehead atoms. The molecule has 2 heterocycles. The Hall–Kier alpha value is -0.890. The Morgan fingerprint density at radius 1 is 1.23 bits per heavy atom. The Bertz CT molecular complexity index is 354. The molecule has 0 atom stereocenters. The van der Waals surface area contributed by atoms with E-state index in [0.717, 1.165) is 5.69 Å². The normalized spacial score (nSPS) is 9.54.